The summed E-state index contributed by atoms with van der Waals surface area (Å²) >= 11 is 15.1. The highest BCUT2D eigenvalue weighted by molar-refractivity contribution is 6.58. The number of para-hydroxylation sites is 1. The molecule has 5 aromatic rings. The van der Waals surface area contributed by atoms with Crippen molar-refractivity contribution >= 4 is 80.4 Å². The monoisotopic (exact) mass is 745 g/mol. The second-order valence-electron chi connectivity index (χ2n) is 14.0. The molecule has 0 bridgehead atoms. The van der Waals surface area contributed by atoms with Crippen molar-refractivity contribution in [1.29, 1.82) is 0 Å². The molecule has 0 aromatic heterocycles. The molecule has 4 amide bonds. The average Bonchev–Trinajstić information content (AvgIpc) is 3.51. The van der Waals surface area contributed by atoms with Crippen molar-refractivity contribution in [2.24, 2.45) is 17.8 Å². The minimum absolute atomic E-state index is 0.00844. The van der Waals surface area contributed by atoms with Crippen LogP contribution in [0.3, 0.4) is 0 Å². The third-order valence-corrected chi connectivity index (χ3v) is 12.7. The first-order valence-electron chi connectivity index (χ1n) is 17.3. The highest BCUT2D eigenvalue weighted by atomic mass is 35.5. The van der Waals surface area contributed by atoms with E-state index in [1.54, 1.807) is 54.6 Å². The normalized spacial score (nSPS) is 27.8. The van der Waals surface area contributed by atoms with Crippen molar-refractivity contribution in [3.8, 4) is 5.75 Å². The van der Waals surface area contributed by atoms with Crippen LogP contribution in [0.15, 0.2) is 127 Å². The summed E-state index contributed by atoms with van der Waals surface area (Å²) in [4.78, 5) is 56.0. The molecule has 5 aromatic carbocycles. The third-order valence-electron chi connectivity index (χ3n) is 11.3. The van der Waals surface area contributed by atoms with Crippen LogP contribution in [0.5, 0.6) is 5.75 Å². The number of anilines is 4. The van der Waals surface area contributed by atoms with E-state index in [4.69, 9.17) is 23.2 Å². The highest BCUT2D eigenvalue weighted by Crippen LogP contribution is 2.66. The zero-order chi connectivity index (χ0) is 36.8. The molecule has 9 rings (SSSR count). The fourth-order valence-corrected chi connectivity index (χ4v) is 9.87. The van der Waals surface area contributed by atoms with Crippen molar-refractivity contribution in [1.82, 2.24) is 0 Å². The summed E-state index contributed by atoms with van der Waals surface area (Å²) in [5.74, 6) is -6.34. The Morgan fingerprint density at radius 2 is 1.30 bits per heavy atom. The van der Waals surface area contributed by atoms with Gasteiger partial charge in [-0.15, -0.1) is 23.2 Å². The molecular formula is C42H30Cl2FN3O5. The number of amides is 4. The summed E-state index contributed by atoms with van der Waals surface area (Å²) in [5.41, 5.74) is 3.33. The van der Waals surface area contributed by atoms with Crippen LogP contribution in [0.25, 0.3) is 10.8 Å². The minimum atomic E-state index is -2.10. The average molecular weight is 747 g/mol. The van der Waals surface area contributed by atoms with Gasteiger partial charge in [0.2, 0.25) is 11.8 Å². The van der Waals surface area contributed by atoms with Gasteiger partial charge in [0, 0.05) is 22.7 Å². The third kappa shape index (κ3) is 4.73. The van der Waals surface area contributed by atoms with Gasteiger partial charge >= 0.3 is 0 Å². The molecule has 11 heteroatoms. The van der Waals surface area contributed by atoms with Gasteiger partial charge in [0.1, 0.15) is 11.6 Å². The van der Waals surface area contributed by atoms with Crippen molar-refractivity contribution in [2.75, 3.05) is 15.1 Å². The molecule has 2 N–H and O–H groups in total. The van der Waals surface area contributed by atoms with E-state index < -0.39 is 57.0 Å². The van der Waals surface area contributed by atoms with Crippen molar-refractivity contribution in [3.05, 3.63) is 138 Å². The van der Waals surface area contributed by atoms with Crippen molar-refractivity contribution < 1.29 is 28.7 Å². The molecule has 2 heterocycles. The zero-order valence-electron chi connectivity index (χ0n) is 27.9. The summed E-state index contributed by atoms with van der Waals surface area (Å²) in [6.45, 7) is 0. The van der Waals surface area contributed by atoms with Crippen LogP contribution in [0.4, 0.5) is 27.1 Å². The van der Waals surface area contributed by atoms with E-state index in [2.05, 4.69) is 5.32 Å². The number of carbonyl (C=O) groups excluding carboxylic acids is 4. The largest absolute Gasteiger partial charge is 0.507 e. The summed E-state index contributed by atoms with van der Waals surface area (Å²) in [6.07, 6.45) is 1.87. The number of alkyl halides is 2. The Morgan fingerprint density at radius 1 is 0.679 bits per heavy atom. The Morgan fingerprint density at radius 3 is 2.02 bits per heavy atom. The molecule has 0 unspecified atom stereocenters. The number of allylic oxidation sites excluding steroid dienone is 2. The van der Waals surface area contributed by atoms with Gasteiger partial charge in [0.15, 0.2) is 9.75 Å². The first-order valence-corrected chi connectivity index (χ1v) is 18.0. The number of phenols is 1. The number of fused-ring (bicyclic) bond motifs is 5. The van der Waals surface area contributed by atoms with Gasteiger partial charge in [0.05, 0.1) is 23.2 Å². The molecule has 3 fully saturated rings. The Balaban J connectivity index is 1.16. The van der Waals surface area contributed by atoms with Gasteiger partial charge in [-0.3, -0.25) is 24.1 Å². The van der Waals surface area contributed by atoms with E-state index in [0.717, 1.165) is 28.4 Å². The molecular weight excluding hydrogens is 716 g/mol. The number of hydrogen-bond donors (Lipinski definition) is 2. The van der Waals surface area contributed by atoms with E-state index in [1.165, 1.54) is 23.1 Å². The summed E-state index contributed by atoms with van der Waals surface area (Å²) in [5, 5.41) is 15.2. The van der Waals surface area contributed by atoms with Gasteiger partial charge in [-0.2, -0.15) is 0 Å². The lowest BCUT2D eigenvalue weighted by atomic mass is 9.56. The molecule has 1 saturated carbocycles. The second-order valence-corrected chi connectivity index (χ2v) is 15.3. The molecule has 264 valence electrons. The molecule has 2 saturated heterocycles. The maximum absolute atomic E-state index is 14.7. The topological polar surface area (TPSA) is 107 Å². The number of nitrogens with one attached hydrogen (secondary N) is 1. The Labute approximate surface area is 313 Å². The number of hydrogen-bond acceptors (Lipinski definition) is 6. The van der Waals surface area contributed by atoms with Crippen LogP contribution in [-0.4, -0.2) is 38.5 Å². The molecule has 4 aliphatic rings. The number of nitrogens with zero attached hydrogens (tertiary/aromatic N) is 2. The minimum Gasteiger partial charge on any atom is -0.507 e. The van der Waals surface area contributed by atoms with Crippen LogP contribution in [0.2, 0.25) is 0 Å². The summed E-state index contributed by atoms with van der Waals surface area (Å²) in [6, 6.07) is 31.8. The Hall–Kier alpha value is -5.51. The Bertz CT molecular complexity index is 2410. The van der Waals surface area contributed by atoms with Crippen LogP contribution in [0, 0.1) is 23.6 Å². The quantitative estimate of drug-likeness (QED) is 0.107. The van der Waals surface area contributed by atoms with Gasteiger partial charge in [-0.05, 0) is 96.4 Å². The number of imide groups is 2. The number of phenolic OH excluding ortho intramolecular Hbond substituents is 1. The number of rotatable bonds is 5. The number of halogens is 3. The lowest BCUT2D eigenvalue weighted by molar-refractivity contribution is -0.125. The lowest BCUT2D eigenvalue weighted by Gasteiger charge is -2.51. The molecule has 8 nitrogen and oxygen atoms in total. The number of benzene rings is 5. The molecule has 6 atom stereocenters. The maximum Gasteiger partial charge on any atom is 0.258 e. The van der Waals surface area contributed by atoms with Crippen LogP contribution in [-0.2, 0) is 19.2 Å². The van der Waals surface area contributed by atoms with Crippen molar-refractivity contribution in [2.45, 2.75) is 28.5 Å². The molecule has 0 spiro atoms. The van der Waals surface area contributed by atoms with Gasteiger partial charge in [-0.1, -0.05) is 60.2 Å². The van der Waals surface area contributed by atoms with Crippen LogP contribution >= 0.6 is 23.2 Å². The SMILES string of the molecule is O=C1[C@H]2[C@H](CC=C3[C@H]2C[C@@]2(Cl)C(=O)N(c4ccc(F)cc4)C(=O)[C@@]2(Cl)[C@H]3c2ccc(O)c3ccccc23)C(=O)N1c1ccc(Nc2ccccc2)cc1. The Kier molecular flexibility index (Phi) is 7.56. The van der Waals surface area contributed by atoms with Gasteiger partial charge in [-0.25, -0.2) is 9.29 Å². The smallest absolute Gasteiger partial charge is 0.258 e. The fourth-order valence-electron chi connectivity index (χ4n) is 8.94. The zero-order valence-corrected chi connectivity index (χ0v) is 29.4. The standard InChI is InChI=1S/C42H30Cl2FN3O5/c43-41-22-33-31(18-19-32-35(33)38(51)47(37(32)50)26-16-12-25(13-17-26)46-24-6-2-1-3-7-24)36(30-20-21-34(49)29-9-5-4-8-28(29)30)42(41,44)40(53)48(39(41)52)27-14-10-23(45)11-15-27/h1-18,20-21,32-33,35-36,46,49H,19,22H2/t32-,33+,35-,36-,41+,42-/m0/s1. The van der Waals surface area contributed by atoms with Gasteiger partial charge < -0.3 is 10.4 Å². The summed E-state index contributed by atoms with van der Waals surface area (Å²) in [7, 11) is 0. The first-order chi connectivity index (χ1) is 25.5. The maximum atomic E-state index is 14.7. The molecule has 53 heavy (non-hydrogen) atoms. The number of aromatic hydroxyl groups is 1. The van der Waals surface area contributed by atoms with E-state index in [0.29, 0.717) is 27.6 Å². The van der Waals surface area contributed by atoms with E-state index in [9.17, 15) is 28.7 Å². The molecule has 2 aliphatic heterocycles. The van der Waals surface area contributed by atoms with Gasteiger partial charge in [0.25, 0.3) is 11.8 Å². The highest BCUT2D eigenvalue weighted by Gasteiger charge is 2.76. The predicted octanol–water partition coefficient (Wildman–Crippen LogP) is 8.20. The molecule has 0 radical (unpaired) electrons. The summed E-state index contributed by atoms with van der Waals surface area (Å²) < 4.78 is 14.0. The number of carbonyl (C=O) groups is 4. The second kappa shape index (κ2) is 12.0. The molecule has 2 aliphatic carbocycles. The van der Waals surface area contributed by atoms with Crippen molar-refractivity contribution in [3.63, 3.8) is 0 Å². The van der Waals surface area contributed by atoms with Crippen LogP contribution < -0.4 is 15.1 Å². The predicted molar refractivity (Wildman–Crippen MR) is 201 cm³/mol. The van der Waals surface area contributed by atoms with Crippen LogP contribution in [0.1, 0.15) is 24.3 Å². The van der Waals surface area contributed by atoms with E-state index in [-0.39, 0.29) is 30.2 Å². The van der Waals surface area contributed by atoms with E-state index >= 15 is 0 Å². The fraction of sp³-hybridized carbons (Fsp3) is 0.190. The lowest BCUT2D eigenvalue weighted by Crippen LogP contribution is -2.60. The first kappa shape index (κ1) is 33.3. The van der Waals surface area contributed by atoms with E-state index in [1.807, 2.05) is 36.4 Å².